The zero-order chi connectivity index (χ0) is 16.6. The highest BCUT2D eigenvalue weighted by Crippen LogP contribution is 2.28. The molecular weight excluding hydrogens is 304 g/mol. The van der Waals surface area contributed by atoms with Crippen molar-refractivity contribution in [2.24, 2.45) is 11.7 Å². The third-order valence-electron chi connectivity index (χ3n) is 3.58. The van der Waals surface area contributed by atoms with Gasteiger partial charge in [-0.3, -0.25) is 4.79 Å². The van der Waals surface area contributed by atoms with E-state index in [1.165, 1.54) is 0 Å². The minimum atomic E-state index is -2.59. The molecule has 0 aliphatic carbocycles. The molecule has 5 heteroatoms. The summed E-state index contributed by atoms with van der Waals surface area (Å²) in [6.07, 6.45) is 1.69. The first-order chi connectivity index (χ1) is 10.4. The van der Waals surface area contributed by atoms with Gasteiger partial charge in [-0.25, -0.2) is 8.78 Å². The van der Waals surface area contributed by atoms with Crippen LogP contribution in [0.3, 0.4) is 0 Å². The Morgan fingerprint density at radius 3 is 2.73 bits per heavy atom. The standard InChI is InChI=1S/C17H25F2NOS/c1-3-13(7-9-17(2,18)19)12-22-15-6-4-5-14(11-15)16(21)8-10-20/h4-6,11,13H,3,7-10,12,20H2,1-2H3. The second-order valence-corrected chi connectivity index (χ2v) is 6.78. The van der Waals surface area contributed by atoms with Gasteiger partial charge in [0.1, 0.15) is 0 Å². The van der Waals surface area contributed by atoms with Crippen LogP contribution in [-0.4, -0.2) is 24.0 Å². The number of carbonyl (C=O) groups excluding carboxylic acids is 1. The van der Waals surface area contributed by atoms with Crippen LogP contribution >= 0.6 is 11.8 Å². The number of halogens is 2. The fourth-order valence-electron chi connectivity index (χ4n) is 2.11. The summed E-state index contributed by atoms with van der Waals surface area (Å²) in [5, 5.41) is 0. The van der Waals surface area contributed by atoms with Crippen LogP contribution in [0.5, 0.6) is 0 Å². The number of Topliss-reactive ketones (excluding diaryl/α,β-unsaturated/α-hetero) is 1. The lowest BCUT2D eigenvalue weighted by Gasteiger charge is -2.17. The Morgan fingerprint density at radius 2 is 2.14 bits per heavy atom. The van der Waals surface area contributed by atoms with Crippen LogP contribution in [0.2, 0.25) is 0 Å². The molecular formula is C17H25F2NOS. The average molecular weight is 329 g/mol. The highest BCUT2D eigenvalue weighted by molar-refractivity contribution is 7.99. The Kier molecular flexibility index (Phi) is 8.04. The Hall–Kier alpha value is -0.940. The highest BCUT2D eigenvalue weighted by Gasteiger charge is 2.22. The first-order valence-electron chi connectivity index (χ1n) is 7.69. The number of hydrogen-bond donors (Lipinski definition) is 1. The number of benzene rings is 1. The normalized spacial score (nSPS) is 13.1. The van der Waals surface area contributed by atoms with Gasteiger partial charge >= 0.3 is 0 Å². The van der Waals surface area contributed by atoms with E-state index in [9.17, 15) is 13.6 Å². The van der Waals surface area contributed by atoms with E-state index in [1.54, 1.807) is 17.8 Å². The zero-order valence-corrected chi connectivity index (χ0v) is 14.1. The van der Waals surface area contributed by atoms with Gasteiger partial charge in [0.05, 0.1) is 0 Å². The molecule has 1 rings (SSSR count). The van der Waals surface area contributed by atoms with Gasteiger partial charge in [-0.15, -0.1) is 11.8 Å². The van der Waals surface area contributed by atoms with Crippen molar-refractivity contribution in [1.82, 2.24) is 0 Å². The summed E-state index contributed by atoms with van der Waals surface area (Å²) in [6.45, 7) is 3.35. The summed E-state index contributed by atoms with van der Waals surface area (Å²) < 4.78 is 25.9. The van der Waals surface area contributed by atoms with E-state index in [4.69, 9.17) is 5.73 Å². The lowest BCUT2D eigenvalue weighted by atomic mass is 10.0. The number of rotatable bonds is 10. The third kappa shape index (κ3) is 7.36. The molecule has 1 unspecified atom stereocenters. The molecule has 0 fully saturated rings. The molecule has 1 atom stereocenters. The summed E-state index contributed by atoms with van der Waals surface area (Å²) in [7, 11) is 0. The molecule has 0 amide bonds. The van der Waals surface area contributed by atoms with E-state index in [0.29, 0.717) is 24.9 Å². The summed E-state index contributed by atoms with van der Waals surface area (Å²) in [5.41, 5.74) is 6.07. The third-order valence-corrected chi connectivity index (χ3v) is 4.81. The molecule has 0 radical (unpaired) electrons. The summed E-state index contributed by atoms with van der Waals surface area (Å²) >= 11 is 1.62. The molecule has 0 saturated heterocycles. The molecule has 0 saturated carbocycles. The van der Waals surface area contributed by atoms with E-state index in [0.717, 1.165) is 24.0 Å². The lowest BCUT2D eigenvalue weighted by molar-refractivity contribution is 0.00730. The van der Waals surface area contributed by atoms with Crippen molar-refractivity contribution in [2.45, 2.75) is 50.3 Å². The van der Waals surface area contributed by atoms with E-state index in [2.05, 4.69) is 0 Å². The average Bonchev–Trinajstić information content (AvgIpc) is 2.47. The molecule has 2 nitrogen and oxygen atoms in total. The molecule has 0 spiro atoms. The molecule has 2 N–H and O–H groups in total. The van der Waals surface area contributed by atoms with Crippen LogP contribution in [0.15, 0.2) is 29.2 Å². The highest BCUT2D eigenvalue weighted by atomic mass is 32.2. The minimum absolute atomic E-state index is 0.0441. The number of thioether (sulfide) groups is 1. The first kappa shape index (κ1) is 19.1. The number of nitrogens with two attached hydrogens (primary N) is 1. The number of alkyl halides is 2. The van der Waals surface area contributed by atoms with Crippen LogP contribution < -0.4 is 5.73 Å². The molecule has 124 valence electrons. The number of hydrogen-bond acceptors (Lipinski definition) is 3. The molecule has 22 heavy (non-hydrogen) atoms. The second kappa shape index (κ2) is 9.26. The Labute approximate surface area is 135 Å². The van der Waals surface area contributed by atoms with Crippen molar-refractivity contribution in [3.63, 3.8) is 0 Å². The molecule has 1 aromatic rings. The maximum atomic E-state index is 12.9. The SMILES string of the molecule is CCC(CCC(C)(F)F)CSc1cccc(C(=O)CCN)c1. The molecule has 0 aromatic heterocycles. The Bertz CT molecular complexity index is 474. The van der Waals surface area contributed by atoms with Crippen molar-refractivity contribution in [3.05, 3.63) is 29.8 Å². The Morgan fingerprint density at radius 1 is 1.41 bits per heavy atom. The van der Waals surface area contributed by atoms with Crippen molar-refractivity contribution in [1.29, 1.82) is 0 Å². The van der Waals surface area contributed by atoms with E-state index in [1.807, 2.05) is 25.1 Å². The quantitative estimate of drug-likeness (QED) is 0.496. The van der Waals surface area contributed by atoms with Crippen LogP contribution in [-0.2, 0) is 0 Å². The van der Waals surface area contributed by atoms with Gasteiger partial charge in [-0.1, -0.05) is 25.5 Å². The lowest BCUT2D eigenvalue weighted by Crippen LogP contribution is -2.13. The number of ketones is 1. The van der Waals surface area contributed by atoms with Gasteiger partial charge in [0.15, 0.2) is 5.78 Å². The van der Waals surface area contributed by atoms with E-state index < -0.39 is 5.92 Å². The minimum Gasteiger partial charge on any atom is -0.330 e. The van der Waals surface area contributed by atoms with E-state index >= 15 is 0 Å². The predicted molar refractivity (Wildman–Crippen MR) is 88.8 cm³/mol. The summed E-state index contributed by atoms with van der Waals surface area (Å²) in [4.78, 5) is 12.8. The van der Waals surface area contributed by atoms with Crippen LogP contribution in [0.25, 0.3) is 0 Å². The van der Waals surface area contributed by atoms with Gasteiger partial charge in [0.2, 0.25) is 5.92 Å². The molecule has 0 aliphatic rings. The summed E-state index contributed by atoms with van der Waals surface area (Å²) in [5.74, 6) is -1.49. The van der Waals surface area contributed by atoms with Gasteiger partial charge in [-0.05, 0) is 37.9 Å². The predicted octanol–water partition coefficient (Wildman–Crippen LogP) is 4.77. The smallest absolute Gasteiger partial charge is 0.245 e. The van der Waals surface area contributed by atoms with Gasteiger partial charge in [0.25, 0.3) is 0 Å². The van der Waals surface area contributed by atoms with Crippen LogP contribution in [0.1, 0.15) is 49.9 Å². The molecule has 0 aliphatic heterocycles. The van der Waals surface area contributed by atoms with Gasteiger partial charge in [0, 0.05) is 29.1 Å². The van der Waals surface area contributed by atoms with Crippen LogP contribution in [0, 0.1) is 5.92 Å². The second-order valence-electron chi connectivity index (χ2n) is 5.68. The monoisotopic (exact) mass is 329 g/mol. The first-order valence-corrected chi connectivity index (χ1v) is 8.68. The zero-order valence-electron chi connectivity index (χ0n) is 13.3. The van der Waals surface area contributed by atoms with Crippen LogP contribution in [0.4, 0.5) is 8.78 Å². The fraction of sp³-hybridized carbons (Fsp3) is 0.588. The molecule has 0 bridgehead atoms. The topological polar surface area (TPSA) is 43.1 Å². The van der Waals surface area contributed by atoms with Crippen molar-refractivity contribution in [3.8, 4) is 0 Å². The maximum absolute atomic E-state index is 12.9. The van der Waals surface area contributed by atoms with Gasteiger partial charge < -0.3 is 5.73 Å². The molecule has 0 heterocycles. The van der Waals surface area contributed by atoms with Crippen molar-refractivity contribution in [2.75, 3.05) is 12.3 Å². The van der Waals surface area contributed by atoms with Gasteiger partial charge in [-0.2, -0.15) is 0 Å². The largest absolute Gasteiger partial charge is 0.330 e. The van der Waals surface area contributed by atoms with Crippen molar-refractivity contribution >= 4 is 17.5 Å². The van der Waals surface area contributed by atoms with Crippen molar-refractivity contribution < 1.29 is 13.6 Å². The summed E-state index contributed by atoms with van der Waals surface area (Å²) in [6, 6.07) is 7.46. The number of carbonyl (C=O) groups is 1. The fourth-order valence-corrected chi connectivity index (χ4v) is 3.33. The Balaban J connectivity index is 2.55. The molecule has 1 aromatic carbocycles. The van der Waals surface area contributed by atoms with E-state index in [-0.39, 0.29) is 18.1 Å². The maximum Gasteiger partial charge on any atom is 0.245 e.